The Hall–Kier alpha value is -1.89. The number of guanidine groups is 1. The van der Waals surface area contributed by atoms with Crippen molar-refractivity contribution in [3.05, 3.63) is 69.2 Å². The van der Waals surface area contributed by atoms with Crippen LogP contribution in [0.5, 0.6) is 0 Å². The topological polar surface area (TPSA) is 75.1 Å². The number of hydrazone groups is 1. The van der Waals surface area contributed by atoms with E-state index in [4.69, 9.17) is 17.3 Å². The van der Waals surface area contributed by atoms with Crippen molar-refractivity contribution in [3.8, 4) is 0 Å². The highest BCUT2D eigenvalue weighted by Gasteiger charge is 1.90. The van der Waals surface area contributed by atoms with E-state index < -0.39 is 0 Å². The van der Waals surface area contributed by atoms with E-state index >= 15 is 0 Å². The average Bonchev–Trinajstić information content (AvgIpc) is 2.51. The van der Waals surface area contributed by atoms with E-state index in [0.29, 0.717) is 5.02 Å². The Morgan fingerprint density at radius 1 is 1.00 bits per heavy atom. The molecule has 0 aliphatic carbocycles. The summed E-state index contributed by atoms with van der Waals surface area (Å²) in [6, 6.07) is 14.9. The molecule has 0 saturated heterocycles. The Morgan fingerprint density at radius 2 is 1.57 bits per heavy atom. The summed E-state index contributed by atoms with van der Waals surface area (Å²) >= 11 is 9.16. The number of hydrogen-bond donors (Lipinski definition) is 2. The van der Waals surface area contributed by atoms with Gasteiger partial charge >= 0.3 is 0 Å². The molecule has 120 valence electrons. The molecular formula is C15H14BrCl2N5. The molecular weight excluding hydrogens is 401 g/mol. The molecule has 0 radical (unpaired) electrons. The molecule has 0 fully saturated rings. The van der Waals surface area contributed by atoms with Gasteiger partial charge in [0.25, 0.3) is 0 Å². The summed E-state index contributed by atoms with van der Waals surface area (Å²) in [6.07, 6.45) is 3.21. The molecule has 2 aromatic rings. The van der Waals surface area contributed by atoms with Gasteiger partial charge in [-0.15, -0.1) is 17.5 Å². The number of nitrogens with one attached hydrogen (secondary N) is 1. The van der Waals surface area contributed by atoms with Gasteiger partial charge < -0.3 is 5.73 Å². The quantitative estimate of drug-likeness (QED) is 0.453. The second-order valence-electron chi connectivity index (χ2n) is 4.20. The SMILES string of the molecule is Cl.NC(=NN=Cc1ccc(Cl)cc1)NN=Cc1ccc(Br)cc1. The maximum absolute atomic E-state index is 5.79. The summed E-state index contributed by atoms with van der Waals surface area (Å²) in [5.41, 5.74) is 10.0. The molecule has 0 amide bonds. The maximum atomic E-state index is 5.79. The van der Waals surface area contributed by atoms with E-state index in [2.05, 4.69) is 36.7 Å². The Kier molecular flexibility index (Phi) is 8.32. The summed E-state index contributed by atoms with van der Waals surface area (Å²) in [7, 11) is 0. The molecule has 5 nitrogen and oxygen atoms in total. The van der Waals surface area contributed by atoms with Gasteiger partial charge in [0.2, 0.25) is 5.96 Å². The number of rotatable bonds is 4. The van der Waals surface area contributed by atoms with Gasteiger partial charge in [0.1, 0.15) is 0 Å². The first kappa shape index (κ1) is 19.2. The van der Waals surface area contributed by atoms with E-state index in [-0.39, 0.29) is 18.4 Å². The van der Waals surface area contributed by atoms with E-state index in [9.17, 15) is 0 Å². The number of nitrogens with zero attached hydrogens (tertiary/aromatic N) is 3. The van der Waals surface area contributed by atoms with Crippen LogP contribution in [0.4, 0.5) is 0 Å². The molecule has 0 bridgehead atoms. The third kappa shape index (κ3) is 7.27. The average molecular weight is 415 g/mol. The molecule has 8 heteroatoms. The minimum absolute atomic E-state index is 0. The fraction of sp³-hybridized carbons (Fsp3) is 0. The molecule has 2 rings (SSSR count). The Morgan fingerprint density at radius 3 is 2.22 bits per heavy atom. The zero-order valence-electron chi connectivity index (χ0n) is 11.9. The highest BCUT2D eigenvalue weighted by Crippen LogP contribution is 2.09. The third-order valence-corrected chi connectivity index (χ3v) is 3.29. The van der Waals surface area contributed by atoms with Crippen LogP contribution < -0.4 is 11.2 Å². The molecule has 23 heavy (non-hydrogen) atoms. The number of halogens is 3. The van der Waals surface area contributed by atoms with E-state index in [0.717, 1.165) is 15.6 Å². The monoisotopic (exact) mass is 413 g/mol. The van der Waals surface area contributed by atoms with Crippen LogP contribution in [-0.2, 0) is 0 Å². The van der Waals surface area contributed by atoms with Crippen LogP contribution in [0.15, 0.2) is 68.3 Å². The fourth-order valence-corrected chi connectivity index (χ4v) is 1.84. The zero-order valence-corrected chi connectivity index (χ0v) is 15.0. The van der Waals surface area contributed by atoms with Crippen LogP contribution in [0.2, 0.25) is 5.02 Å². The largest absolute Gasteiger partial charge is 0.367 e. The molecule has 2 aromatic carbocycles. The van der Waals surface area contributed by atoms with E-state index in [1.165, 1.54) is 0 Å². The van der Waals surface area contributed by atoms with Crippen LogP contribution >= 0.6 is 39.9 Å². The number of nitrogens with two attached hydrogens (primary N) is 1. The smallest absolute Gasteiger partial charge is 0.234 e. The van der Waals surface area contributed by atoms with Crippen LogP contribution in [0.3, 0.4) is 0 Å². The summed E-state index contributed by atoms with van der Waals surface area (Å²) in [5, 5.41) is 12.3. The first-order chi connectivity index (χ1) is 10.6. The Bertz CT molecular complexity index is 697. The minimum Gasteiger partial charge on any atom is -0.367 e. The maximum Gasteiger partial charge on any atom is 0.234 e. The highest BCUT2D eigenvalue weighted by atomic mass is 79.9. The standard InChI is InChI=1S/C15H13BrClN5.ClH/c16-13-5-1-11(2-6-13)9-19-21-15(18)22-20-10-12-3-7-14(17)8-4-12;/h1-10H,(H3,18,21,22);1H. The lowest BCUT2D eigenvalue weighted by Crippen LogP contribution is -2.26. The van der Waals surface area contributed by atoms with Crippen molar-refractivity contribution >= 4 is 58.3 Å². The first-order valence-corrected chi connectivity index (χ1v) is 7.47. The summed E-state index contributed by atoms with van der Waals surface area (Å²) in [6.45, 7) is 0. The molecule has 0 aromatic heterocycles. The second kappa shape index (κ2) is 9.99. The van der Waals surface area contributed by atoms with Crippen molar-refractivity contribution in [2.45, 2.75) is 0 Å². The first-order valence-electron chi connectivity index (χ1n) is 6.30. The van der Waals surface area contributed by atoms with Crippen LogP contribution in [-0.4, -0.2) is 18.4 Å². The van der Waals surface area contributed by atoms with Gasteiger partial charge in [-0.3, -0.25) is 0 Å². The van der Waals surface area contributed by atoms with Gasteiger partial charge in [0.05, 0.1) is 12.4 Å². The predicted octanol–water partition coefficient (Wildman–Crippen LogP) is 3.80. The predicted molar refractivity (Wildman–Crippen MR) is 103 cm³/mol. The van der Waals surface area contributed by atoms with E-state index in [1.54, 1.807) is 24.6 Å². The molecule has 0 saturated carbocycles. The number of hydrogen-bond acceptors (Lipinski definition) is 3. The molecule has 0 atom stereocenters. The second-order valence-corrected chi connectivity index (χ2v) is 5.56. The number of benzene rings is 2. The molecule has 3 N–H and O–H groups in total. The Labute approximate surface area is 153 Å². The van der Waals surface area contributed by atoms with Gasteiger partial charge in [-0.25, -0.2) is 5.43 Å². The molecule has 0 aliphatic heterocycles. The van der Waals surface area contributed by atoms with Crippen molar-refractivity contribution in [1.82, 2.24) is 5.43 Å². The summed E-state index contributed by atoms with van der Waals surface area (Å²) < 4.78 is 1.01. The van der Waals surface area contributed by atoms with E-state index in [1.807, 2.05) is 36.4 Å². The van der Waals surface area contributed by atoms with Crippen molar-refractivity contribution < 1.29 is 0 Å². The lowest BCUT2D eigenvalue weighted by molar-refractivity contribution is 0.994. The van der Waals surface area contributed by atoms with Crippen LogP contribution in [0.25, 0.3) is 0 Å². The summed E-state index contributed by atoms with van der Waals surface area (Å²) in [5.74, 6) is 0.0959. The fourth-order valence-electron chi connectivity index (χ4n) is 1.45. The molecule has 0 spiro atoms. The summed E-state index contributed by atoms with van der Waals surface area (Å²) in [4.78, 5) is 0. The third-order valence-electron chi connectivity index (χ3n) is 2.51. The lowest BCUT2D eigenvalue weighted by Gasteiger charge is -1.96. The normalized spacial score (nSPS) is 11.7. The van der Waals surface area contributed by atoms with Crippen molar-refractivity contribution in [2.75, 3.05) is 0 Å². The van der Waals surface area contributed by atoms with Gasteiger partial charge in [0.15, 0.2) is 0 Å². The highest BCUT2D eigenvalue weighted by molar-refractivity contribution is 9.10. The van der Waals surface area contributed by atoms with Crippen molar-refractivity contribution in [3.63, 3.8) is 0 Å². The van der Waals surface area contributed by atoms with Gasteiger partial charge in [-0.2, -0.15) is 10.2 Å². The Balaban J connectivity index is 0.00000264. The minimum atomic E-state index is 0. The van der Waals surface area contributed by atoms with Crippen molar-refractivity contribution in [2.24, 2.45) is 21.0 Å². The lowest BCUT2D eigenvalue weighted by atomic mass is 10.2. The van der Waals surface area contributed by atoms with Gasteiger partial charge in [0, 0.05) is 9.50 Å². The zero-order chi connectivity index (χ0) is 15.8. The van der Waals surface area contributed by atoms with Crippen molar-refractivity contribution in [1.29, 1.82) is 0 Å². The van der Waals surface area contributed by atoms with Crippen LogP contribution in [0, 0.1) is 0 Å². The molecule has 0 aliphatic rings. The molecule has 0 heterocycles. The van der Waals surface area contributed by atoms with Gasteiger partial charge in [-0.05, 0) is 35.4 Å². The van der Waals surface area contributed by atoms with Gasteiger partial charge in [-0.1, -0.05) is 51.8 Å². The van der Waals surface area contributed by atoms with Crippen LogP contribution in [0.1, 0.15) is 11.1 Å². The molecule has 0 unspecified atom stereocenters.